The van der Waals surface area contributed by atoms with Gasteiger partial charge in [-0.2, -0.15) is 0 Å². The zero-order valence-corrected chi connectivity index (χ0v) is 15.2. The van der Waals surface area contributed by atoms with Gasteiger partial charge in [-0.25, -0.2) is 4.79 Å². The zero-order chi connectivity index (χ0) is 22.1. The molecule has 0 radical (unpaired) electrons. The number of hydrogen-bond acceptors (Lipinski definition) is 7. The Bertz CT molecular complexity index is 780. The van der Waals surface area contributed by atoms with Gasteiger partial charge >= 0.3 is 11.9 Å². The summed E-state index contributed by atoms with van der Waals surface area (Å²) in [5, 5.41) is 31.5. The van der Waals surface area contributed by atoms with Crippen molar-refractivity contribution in [2.45, 2.75) is 37.4 Å². The molecule has 0 aliphatic rings. The number of nitrogens with two attached hydrogens (primary N) is 2. The highest BCUT2D eigenvalue weighted by Crippen LogP contribution is 2.12. The SMILES string of the molecule is NC(=O)C[C@H](N)C(=O)N[C@@H](Cc1ccc(O)cc1)C(=O)N[C@@H](CC(=O)O)C(=O)O. The van der Waals surface area contributed by atoms with E-state index in [0.717, 1.165) is 0 Å². The molecule has 0 saturated carbocycles. The summed E-state index contributed by atoms with van der Waals surface area (Å²) in [6, 6.07) is 1.23. The molecule has 1 rings (SSSR count). The maximum absolute atomic E-state index is 12.5. The first-order valence-electron chi connectivity index (χ1n) is 8.36. The van der Waals surface area contributed by atoms with Gasteiger partial charge < -0.3 is 37.4 Å². The molecule has 0 spiro atoms. The molecule has 0 aromatic heterocycles. The average molecular weight is 410 g/mol. The van der Waals surface area contributed by atoms with Gasteiger partial charge in [0, 0.05) is 6.42 Å². The first kappa shape index (κ1) is 23.4. The van der Waals surface area contributed by atoms with Crippen LogP contribution in [-0.2, 0) is 30.4 Å². The minimum atomic E-state index is -1.72. The molecule has 12 nitrogen and oxygen atoms in total. The fourth-order valence-electron chi connectivity index (χ4n) is 2.31. The van der Waals surface area contributed by atoms with E-state index in [-0.39, 0.29) is 12.2 Å². The van der Waals surface area contributed by atoms with Crippen molar-refractivity contribution < 1.29 is 39.3 Å². The quantitative estimate of drug-likeness (QED) is 0.207. The summed E-state index contributed by atoms with van der Waals surface area (Å²) in [7, 11) is 0. The van der Waals surface area contributed by atoms with Crippen LogP contribution in [0.4, 0.5) is 0 Å². The van der Waals surface area contributed by atoms with E-state index in [9.17, 15) is 29.1 Å². The molecule has 9 N–H and O–H groups in total. The summed E-state index contributed by atoms with van der Waals surface area (Å²) >= 11 is 0. The molecule has 0 bridgehead atoms. The van der Waals surface area contributed by atoms with Crippen LogP contribution in [0.3, 0.4) is 0 Å². The van der Waals surface area contributed by atoms with Gasteiger partial charge in [-0.3, -0.25) is 19.2 Å². The Morgan fingerprint density at radius 3 is 1.93 bits per heavy atom. The van der Waals surface area contributed by atoms with E-state index in [1.165, 1.54) is 24.3 Å². The second-order valence-corrected chi connectivity index (χ2v) is 6.21. The molecule has 3 atom stereocenters. The highest BCUT2D eigenvalue weighted by Gasteiger charge is 2.29. The molecule has 1 aromatic carbocycles. The van der Waals surface area contributed by atoms with Crippen LogP contribution in [0, 0.1) is 0 Å². The number of aliphatic carboxylic acids is 2. The van der Waals surface area contributed by atoms with Gasteiger partial charge in [0.1, 0.15) is 17.8 Å². The number of benzene rings is 1. The van der Waals surface area contributed by atoms with Crippen molar-refractivity contribution >= 4 is 29.7 Å². The maximum Gasteiger partial charge on any atom is 0.326 e. The van der Waals surface area contributed by atoms with Gasteiger partial charge in [0.25, 0.3) is 0 Å². The lowest BCUT2D eigenvalue weighted by Gasteiger charge is -2.22. The Hall–Kier alpha value is -3.67. The van der Waals surface area contributed by atoms with Crippen LogP contribution in [0.25, 0.3) is 0 Å². The van der Waals surface area contributed by atoms with Gasteiger partial charge in [-0.1, -0.05) is 12.1 Å². The molecule has 0 fully saturated rings. The largest absolute Gasteiger partial charge is 0.508 e. The van der Waals surface area contributed by atoms with Crippen molar-refractivity contribution in [3.8, 4) is 5.75 Å². The predicted molar refractivity (Wildman–Crippen MR) is 97.3 cm³/mol. The van der Waals surface area contributed by atoms with Gasteiger partial charge in [-0.05, 0) is 17.7 Å². The van der Waals surface area contributed by atoms with Crippen LogP contribution in [0.15, 0.2) is 24.3 Å². The summed E-state index contributed by atoms with van der Waals surface area (Å²) in [5.74, 6) is -5.73. The molecule has 0 unspecified atom stereocenters. The van der Waals surface area contributed by atoms with E-state index in [1.807, 2.05) is 5.32 Å². The Balaban J connectivity index is 3.00. The van der Waals surface area contributed by atoms with Crippen molar-refractivity contribution in [3.63, 3.8) is 0 Å². The number of nitrogens with one attached hydrogen (secondary N) is 2. The number of phenols is 1. The van der Waals surface area contributed by atoms with E-state index >= 15 is 0 Å². The van der Waals surface area contributed by atoms with Gasteiger partial charge in [0.2, 0.25) is 17.7 Å². The highest BCUT2D eigenvalue weighted by atomic mass is 16.4. The van der Waals surface area contributed by atoms with E-state index in [0.29, 0.717) is 5.56 Å². The molecule has 0 aliphatic carbocycles. The minimum absolute atomic E-state index is 0.0327. The van der Waals surface area contributed by atoms with Crippen LogP contribution >= 0.6 is 0 Å². The van der Waals surface area contributed by atoms with E-state index in [1.54, 1.807) is 0 Å². The predicted octanol–water partition coefficient (Wildman–Crippen LogP) is -2.33. The molecule has 158 valence electrons. The number of phenolic OH excluding ortho intramolecular Hbond substituents is 1. The third kappa shape index (κ3) is 8.26. The topological polar surface area (TPSA) is 222 Å². The summed E-state index contributed by atoms with van der Waals surface area (Å²) < 4.78 is 0. The number of primary amides is 1. The summed E-state index contributed by atoms with van der Waals surface area (Å²) in [6.45, 7) is 0. The normalized spacial score (nSPS) is 13.6. The molecular formula is C17H22N4O8. The number of carbonyl (C=O) groups excluding carboxylic acids is 3. The van der Waals surface area contributed by atoms with Crippen LogP contribution in [0.1, 0.15) is 18.4 Å². The fourth-order valence-corrected chi connectivity index (χ4v) is 2.31. The van der Waals surface area contributed by atoms with E-state index < -0.39 is 60.6 Å². The molecule has 1 aromatic rings. The lowest BCUT2D eigenvalue weighted by molar-refractivity contribution is -0.147. The number of aromatic hydroxyl groups is 1. The van der Waals surface area contributed by atoms with Crippen molar-refractivity contribution in [1.82, 2.24) is 10.6 Å². The Kier molecular flexibility index (Phi) is 8.55. The first-order valence-corrected chi connectivity index (χ1v) is 8.36. The number of carbonyl (C=O) groups is 5. The minimum Gasteiger partial charge on any atom is -0.508 e. The molecular weight excluding hydrogens is 388 g/mol. The van der Waals surface area contributed by atoms with Gasteiger partial charge in [0.05, 0.1) is 18.9 Å². The lowest BCUT2D eigenvalue weighted by atomic mass is 10.0. The van der Waals surface area contributed by atoms with Crippen LogP contribution in [0.5, 0.6) is 5.75 Å². The van der Waals surface area contributed by atoms with Crippen LogP contribution in [0.2, 0.25) is 0 Å². The summed E-state index contributed by atoms with van der Waals surface area (Å²) in [4.78, 5) is 57.6. The van der Waals surface area contributed by atoms with Crippen molar-refractivity contribution in [3.05, 3.63) is 29.8 Å². The first-order chi connectivity index (χ1) is 13.5. The van der Waals surface area contributed by atoms with Crippen LogP contribution in [-0.4, -0.2) is 63.1 Å². The third-order valence-electron chi connectivity index (χ3n) is 3.76. The lowest BCUT2D eigenvalue weighted by Crippen LogP contribution is -2.55. The summed E-state index contributed by atoms with van der Waals surface area (Å²) in [5.41, 5.74) is 11.0. The summed E-state index contributed by atoms with van der Waals surface area (Å²) in [6.07, 6.45) is -1.47. The van der Waals surface area contributed by atoms with Crippen LogP contribution < -0.4 is 22.1 Å². The van der Waals surface area contributed by atoms with Gasteiger partial charge in [-0.15, -0.1) is 0 Å². The van der Waals surface area contributed by atoms with E-state index in [4.69, 9.17) is 21.7 Å². The molecule has 12 heteroatoms. The third-order valence-corrected chi connectivity index (χ3v) is 3.76. The number of rotatable bonds is 11. The molecule has 29 heavy (non-hydrogen) atoms. The second-order valence-electron chi connectivity index (χ2n) is 6.21. The number of carboxylic acid groups (broad SMARTS) is 2. The standard InChI is InChI=1S/C17H22N4O8/c18-10(6-13(19)23)15(26)20-11(5-8-1-3-9(22)4-2-8)16(27)21-12(17(28)29)7-14(24)25/h1-4,10-12,22H,5-7,18H2,(H2,19,23)(H,20,26)(H,21,27)(H,24,25)(H,28,29)/t10-,11-,12-/m0/s1. The monoisotopic (exact) mass is 410 g/mol. The highest BCUT2D eigenvalue weighted by molar-refractivity contribution is 5.94. The molecule has 0 saturated heterocycles. The van der Waals surface area contributed by atoms with Gasteiger partial charge in [0.15, 0.2) is 0 Å². The molecule has 3 amide bonds. The molecule has 0 heterocycles. The smallest absolute Gasteiger partial charge is 0.326 e. The van der Waals surface area contributed by atoms with Crippen molar-refractivity contribution in [2.24, 2.45) is 11.5 Å². The Labute approximate surface area is 164 Å². The fraction of sp³-hybridized carbons (Fsp3) is 0.353. The zero-order valence-electron chi connectivity index (χ0n) is 15.2. The number of hydrogen-bond donors (Lipinski definition) is 7. The number of amides is 3. The Morgan fingerprint density at radius 1 is 0.897 bits per heavy atom. The average Bonchev–Trinajstić information content (AvgIpc) is 2.61. The van der Waals surface area contributed by atoms with Crippen molar-refractivity contribution in [1.29, 1.82) is 0 Å². The maximum atomic E-state index is 12.5. The Morgan fingerprint density at radius 2 is 1.45 bits per heavy atom. The van der Waals surface area contributed by atoms with E-state index in [2.05, 4.69) is 5.32 Å². The molecule has 0 aliphatic heterocycles. The number of carboxylic acids is 2. The van der Waals surface area contributed by atoms with Crippen molar-refractivity contribution in [2.75, 3.05) is 0 Å². The second kappa shape index (κ2) is 10.6.